The highest BCUT2D eigenvalue weighted by Gasteiger charge is 2.34. The molecule has 0 aromatic heterocycles. The summed E-state index contributed by atoms with van der Waals surface area (Å²) in [5.41, 5.74) is 2.00. The highest BCUT2D eigenvalue weighted by Crippen LogP contribution is 2.33. The van der Waals surface area contributed by atoms with E-state index in [0.29, 0.717) is 6.54 Å². The summed E-state index contributed by atoms with van der Waals surface area (Å²) in [6.07, 6.45) is 2.57. The number of piperidine rings is 1. The molecule has 1 aliphatic heterocycles. The summed E-state index contributed by atoms with van der Waals surface area (Å²) in [6, 6.07) is 7.83. The third-order valence-electron chi connectivity index (χ3n) is 4.15. The highest BCUT2D eigenvalue weighted by molar-refractivity contribution is 6.48. The van der Waals surface area contributed by atoms with E-state index in [0.717, 1.165) is 24.1 Å². The van der Waals surface area contributed by atoms with E-state index in [1.807, 2.05) is 31.3 Å². The molecule has 2 rings (SSSR count). The van der Waals surface area contributed by atoms with Crippen molar-refractivity contribution in [1.82, 2.24) is 4.90 Å². The smallest absolute Gasteiger partial charge is 0.469 e. The average Bonchev–Trinajstić information content (AvgIpc) is 2.52. The molecule has 2 atom stereocenters. The zero-order valence-corrected chi connectivity index (χ0v) is 13.0. The standard InChI is InChI=1S/C16H22BNO4/c1-18-10-8-14(15(11-18)16(19)22-2)13-5-3-12(4-6-13)7-9-17(20)21/h3-7,9,14-15,20-21H,8,10-11H2,1-2H3/b9-7+. The maximum atomic E-state index is 12.0. The molecule has 1 aromatic carbocycles. The first-order chi connectivity index (χ1) is 10.5. The normalized spacial score (nSPS) is 22.7. The van der Waals surface area contributed by atoms with E-state index in [1.54, 1.807) is 6.08 Å². The fraction of sp³-hybridized carbons (Fsp3) is 0.438. The number of benzene rings is 1. The zero-order valence-electron chi connectivity index (χ0n) is 13.0. The first-order valence-electron chi connectivity index (χ1n) is 7.42. The molecule has 2 unspecified atom stereocenters. The number of esters is 1. The van der Waals surface area contributed by atoms with Crippen LogP contribution in [0.1, 0.15) is 23.5 Å². The van der Waals surface area contributed by atoms with Crippen LogP contribution in [0.5, 0.6) is 0 Å². The maximum absolute atomic E-state index is 12.0. The summed E-state index contributed by atoms with van der Waals surface area (Å²) >= 11 is 0. The third kappa shape index (κ3) is 4.19. The fourth-order valence-electron chi connectivity index (χ4n) is 2.96. The first-order valence-corrected chi connectivity index (χ1v) is 7.42. The Kier molecular flexibility index (Phi) is 5.77. The lowest BCUT2D eigenvalue weighted by Crippen LogP contribution is -2.41. The van der Waals surface area contributed by atoms with Gasteiger partial charge in [-0.25, -0.2) is 0 Å². The topological polar surface area (TPSA) is 70.0 Å². The number of carbonyl (C=O) groups excluding carboxylic acids is 1. The lowest BCUT2D eigenvalue weighted by Gasteiger charge is -2.35. The Morgan fingerprint density at radius 3 is 2.64 bits per heavy atom. The van der Waals surface area contributed by atoms with E-state index in [9.17, 15) is 4.79 Å². The van der Waals surface area contributed by atoms with Gasteiger partial charge in [0.1, 0.15) is 0 Å². The van der Waals surface area contributed by atoms with Crippen LogP contribution < -0.4 is 0 Å². The molecule has 0 radical (unpaired) electrons. The Balaban J connectivity index is 2.16. The van der Waals surface area contributed by atoms with Crippen molar-refractivity contribution in [2.45, 2.75) is 12.3 Å². The van der Waals surface area contributed by atoms with Crippen LogP contribution in [0, 0.1) is 5.92 Å². The molecular formula is C16H22BNO4. The van der Waals surface area contributed by atoms with E-state index < -0.39 is 7.12 Å². The predicted molar refractivity (Wildman–Crippen MR) is 86.0 cm³/mol. The quantitative estimate of drug-likeness (QED) is 0.639. The van der Waals surface area contributed by atoms with Crippen molar-refractivity contribution in [2.75, 3.05) is 27.2 Å². The van der Waals surface area contributed by atoms with Gasteiger partial charge in [0.2, 0.25) is 0 Å². The summed E-state index contributed by atoms with van der Waals surface area (Å²) in [4.78, 5) is 14.2. The van der Waals surface area contributed by atoms with E-state index in [2.05, 4.69) is 4.90 Å². The molecule has 1 saturated heterocycles. The molecule has 6 heteroatoms. The van der Waals surface area contributed by atoms with Gasteiger partial charge in [-0.1, -0.05) is 36.3 Å². The van der Waals surface area contributed by atoms with Gasteiger partial charge in [0, 0.05) is 6.54 Å². The van der Waals surface area contributed by atoms with Gasteiger partial charge in [-0.2, -0.15) is 0 Å². The van der Waals surface area contributed by atoms with Gasteiger partial charge in [0.25, 0.3) is 0 Å². The third-order valence-corrected chi connectivity index (χ3v) is 4.15. The largest absolute Gasteiger partial charge is 0.480 e. The number of carbonyl (C=O) groups is 1. The Morgan fingerprint density at radius 1 is 1.36 bits per heavy atom. The minimum atomic E-state index is -1.45. The van der Waals surface area contributed by atoms with E-state index in [4.69, 9.17) is 14.8 Å². The van der Waals surface area contributed by atoms with Crippen LogP contribution in [0.15, 0.2) is 30.2 Å². The first kappa shape index (κ1) is 16.7. The molecule has 0 saturated carbocycles. The van der Waals surface area contributed by atoms with Gasteiger partial charge in [-0.15, -0.1) is 0 Å². The van der Waals surface area contributed by atoms with Crippen LogP contribution in [-0.4, -0.2) is 55.3 Å². The van der Waals surface area contributed by atoms with Crippen molar-refractivity contribution < 1.29 is 19.6 Å². The molecule has 118 valence electrons. The van der Waals surface area contributed by atoms with Crippen molar-refractivity contribution in [3.63, 3.8) is 0 Å². The molecule has 0 bridgehead atoms. The van der Waals surface area contributed by atoms with Crippen molar-refractivity contribution in [3.8, 4) is 0 Å². The van der Waals surface area contributed by atoms with Crippen molar-refractivity contribution in [3.05, 3.63) is 41.4 Å². The summed E-state index contributed by atoms with van der Waals surface area (Å²) < 4.78 is 4.95. The van der Waals surface area contributed by atoms with Crippen LogP contribution >= 0.6 is 0 Å². The molecule has 0 spiro atoms. The van der Waals surface area contributed by atoms with Gasteiger partial charge >= 0.3 is 13.1 Å². The Hall–Kier alpha value is -1.63. The number of hydrogen-bond donors (Lipinski definition) is 2. The second-order valence-electron chi connectivity index (χ2n) is 5.73. The van der Waals surface area contributed by atoms with Gasteiger partial charge in [0.15, 0.2) is 0 Å². The number of methoxy groups -OCH3 is 1. The number of hydrogen-bond acceptors (Lipinski definition) is 5. The Labute approximate surface area is 131 Å². The highest BCUT2D eigenvalue weighted by atomic mass is 16.5. The maximum Gasteiger partial charge on any atom is 0.480 e. The molecule has 5 nitrogen and oxygen atoms in total. The van der Waals surface area contributed by atoms with E-state index in [-0.39, 0.29) is 17.8 Å². The van der Waals surface area contributed by atoms with Crippen LogP contribution in [0.25, 0.3) is 6.08 Å². The van der Waals surface area contributed by atoms with Crippen LogP contribution in [0.2, 0.25) is 0 Å². The van der Waals surface area contributed by atoms with Crippen LogP contribution in [-0.2, 0) is 9.53 Å². The van der Waals surface area contributed by atoms with Gasteiger partial charge in [0.05, 0.1) is 13.0 Å². The van der Waals surface area contributed by atoms with E-state index in [1.165, 1.54) is 13.1 Å². The monoisotopic (exact) mass is 303 g/mol. The molecule has 1 aliphatic rings. The lowest BCUT2D eigenvalue weighted by molar-refractivity contribution is -0.148. The second-order valence-corrected chi connectivity index (χ2v) is 5.73. The number of ether oxygens (including phenoxy) is 1. The minimum absolute atomic E-state index is 0.149. The van der Waals surface area contributed by atoms with Crippen molar-refractivity contribution in [1.29, 1.82) is 0 Å². The summed E-state index contributed by atoms with van der Waals surface area (Å²) in [7, 11) is 2.00. The molecule has 22 heavy (non-hydrogen) atoms. The number of nitrogens with zero attached hydrogens (tertiary/aromatic N) is 1. The van der Waals surface area contributed by atoms with Crippen LogP contribution in [0.4, 0.5) is 0 Å². The number of likely N-dealkylation sites (tertiary alicyclic amines) is 1. The molecule has 2 N–H and O–H groups in total. The average molecular weight is 303 g/mol. The van der Waals surface area contributed by atoms with Gasteiger partial charge in [-0.05, 0) is 37.1 Å². The second kappa shape index (κ2) is 7.58. The van der Waals surface area contributed by atoms with Crippen molar-refractivity contribution in [2.24, 2.45) is 5.92 Å². The van der Waals surface area contributed by atoms with Gasteiger partial charge < -0.3 is 19.7 Å². The zero-order chi connectivity index (χ0) is 16.1. The van der Waals surface area contributed by atoms with Crippen molar-refractivity contribution >= 4 is 19.2 Å². The Morgan fingerprint density at radius 2 is 2.05 bits per heavy atom. The fourth-order valence-corrected chi connectivity index (χ4v) is 2.96. The molecular weight excluding hydrogens is 281 g/mol. The summed E-state index contributed by atoms with van der Waals surface area (Å²) in [6.45, 7) is 1.66. The lowest BCUT2D eigenvalue weighted by atomic mass is 9.80. The number of rotatable bonds is 4. The SMILES string of the molecule is COC(=O)C1CN(C)CCC1c1ccc(/C=C/B(O)O)cc1. The van der Waals surface area contributed by atoms with Crippen LogP contribution in [0.3, 0.4) is 0 Å². The van der Waals surface area contributed by atoms with Gasteiger partial charge in [-0.3, -0.25) is 4.79 Å². The summed E-state index contributed by atoms with van der Waals surface area (Å²) in [5, 5.41) is 17.7. The predicted octanol–water partition coefficient (Wildman–Crippen LogP) is 0.920. The molecule has 0 amide bonds. The minimum Gasteiger partial charge on any atom is -0.469 e. The molecule has 1 heterocycles. The Bertz CT molecular complexity index is 529. The molecule has 1 aromatic rings. The molecule has 0 aliphatic carbocycles. The van der Waals surface area contributed by atoms with E-state index >= 15 is 0 Å². The molecule has 1 fully saturated rings. The summed E-state index contributed by atoms with van der Waals surface area (Å²) in [5.74, 6) is 1.15.